The van der Waals surface area contributed by atoms with Crippen molar-refractivity contribution >= 4 is 49.9 Å². The molecule has 6 heteroatoms. The number of rotatable bonds is 4. The number of hydrogen-bond acceptors (Lipinski definition) is 2. The molecule has 21 heavy (non-hydrogen) atoms. The van der Waals surface area contributed by atoms with Crippen LogP contribution in [0.4, 0.5) is 4.39 Å². The third-order valence-electron chi connectivity index (χ3n) is 3.46. The second kappa shape index (κ2) is 6.07. The van der Waals surface area contributed by atoms with Gasteiger partial charge in [0, 0.05) is 23.2 Å². The van der Waals surface area contributed by atoms with Crippen LogP contribution in [0.2, 0.25) is 0 Å². The summed E-state index contributed by atoms with van der Waals surface area (Å²) >= 11 is 10.9. The first-order chi connectivity index (χ1) is 10.1. The summed E-state index contributed by atoms with van der Waals surface area (Å²) in [5.41, 5.74) is 2.86. The summed E-state index contributed by atoms with van der Waals surface area (Å²) in [6, 6.07) is 5.36. The van der Waals surface area contributed by atoms with Crippen LogP contribution < -0.4 is 0 Å². The zero-order valence-electron chi connectivity index (χ0n) is 11.4. The molecule has 2 nitrogen and oxygen atoms in total. The first-order valence-corrected chi connectivity index (χ1v) is 8.74. The van der Waals surface area contributed by atoms with Crippen molar-refractivity contribution in [3.8, 4) is 0 Å². The normalized spacial score (nSPS) is 11.4. The molecule has 3 aromatic rings. The first kappa shape index (κ1) is 15.0. The van der Waals surface area contributed by atoms with Gasteiger partial charge in [-0.25, -0.2) is 9.37 Å². The fraction of sp³-hybridized carbons (Fsp3) is 0.267. The Morgan fingerprint density at radius 2 is 2.24 bits per heavy atom. The minimum Gasteiger partial charge on any atom is -0.323 e. The molecule has 0 unspecified atom stereocenters. The zero-order valence-corrected chi connectivity index (χ0v) is 14.5. The number of aromatic nitrogens is 2. The van der Waals surface area contributed by atoms with E-state index in [1.54, 1.807) is 17.4 Å². The van der Waals surface area contributed by atoms with Crippen LogP contribution in [0.1, 0.15) is 16.3 Å². The smallest absolute Gasteiger partial charge is 0.139 e. The van der Waals surface area contributed by atoms with Crippen LogP contribution in [0.25, 0.3) is 11.0 Å². The van der Waals surface area contributed by atoms with E-state index >= 15 is 0 Å². The SMILES string of the molecule is Cc1ccsc1Cn1c(CCCl)nc2cc(F)c(Br)cc21. The van der Waals surface area contributed by atoms with Crippen LogP contribution in [0, 0.1) is 12.7 Å². The Kier molecular flexibility index (Phi) is 4.33. The molecule has 1 aromatic carbocycles. The molecule has 3 rings (SSSR count). The number of nitrogens with zero attached hydrogens (tertiary/aromatic N) is 2. The lowest BCUT2D eigenvalue weighted by Crippen LogP contribution is -2.05. The Bertz CT molecular complexity index is 796. The number of fused-ring (bicyclic) bond motifs is 1. The molecule has 0 saturated heterocycles. The molecule has 0 radical (unpaired) electrons. The van der Waals surface area contributed by atoms with E-state index in [0.717, 1.165) is 17.9 Å². The molecule has 0 fully saturated rings. The summed E-state index contributed by atoms with van der Waals surface area (Å²) in [5.74, 6) is 1.10. The van der Waals surface area contributed by atoms with E-state index in [1.165, 1.54) is 16.5 Å². The molecule has 0 saturated carbocycles. The van der Waals surface area contributed by atoms with Gasteiger partial charge in [-0.15, -0.1) is 22.9 Å². The highest BCUT2D eigenvalue weighted by Gasteiger charge is 2.14. The Hall–Kier alpha value is -0.910. The minimum absolute atomic E-state index is 0.295. The average Bonchev–Trinajstić information content (AvgIpc) is 2.98. The number of aryl methyl sites for hydroxylation is 2. The lowest BCUT2D eigenvalue weighted by atomic mass is 10.2. The van der Waals surface area contributed by atoms with Crippen molar-refractivity contribution in [2.75, 3.05) is 5.88 Å². The van der Waals surface area contributed by atoms with Crippen LogP contribution in [0.3, 0.4) is 0 Å². The molecule has 0 aliphatic rings. The predicted octanol–water partition coefficient (Wildman–Crippen LogP) is 5.14. The largest absolute Gasteiger partial charge is 0.323 e. The van der Waals surface area contributed by atoms with E-state index in [4.69, 9.17) is 11.6 Å². The summed E-state index contributed by atoms with van der Waals surface area (Å²) in [6.45, 7) is 2.84. The molecule has 0 amide bonds. The molecule has 110 valence electrons. The maximum absolute atomic E-state index is 13.7. The van der Waals surface area contributed by atoms with Gasteiger partial charge in [0.05, 0.1) is 22.1 Å². The van der Waals surface area contributed by atoms with Gasteiger partial charge in [-0.2, -0.15) is 0 Å². The van der Waals surface area contributed by atoms with Crippen LogP contribution >= 0.6 is 38.9 Å². The van der Waals surface area contributed by atoms with Crippen LogP contribution in [-0.2, 0) is 13.0 Å². The van der Waals surface area contributed by atoms with Gasteiger partial charge in [0.2, 0.25) is 0 Å². The molecule has 0 N–H and O–H groups in total. The Morgan fingerprint density at radius 3 is 2.90 bits per heavy atom. The Labute approximate surface area is 139 Å². The molecule has 0 atom stereocenters. The van der Waals surface area contributed by atoms with Gasteiger partial charge in [0.15, 0.2) is 0 Å². The van der Waals surface area contributed by atoms with E-state index in [1.807, 2.05) is 0 Å². The van der Waals surface area contributed by atoms with Crippen LogP contribution in [-0.4, -0.2) is 15.4 Å². The average molecular weight is 388 g/mol. The third-order valence-corrected chi connectivity index (χ3v) is 5.26. The summed E-state index contributed by atoms with van der Waals surface area (Å²) in [6.07, 6.45) is 0.667. The molecule has 0 spiro atoms. The number of alkyl halides is 1. The van der Waals surface area contributed by atoms with Crippen molar-refractivity contribution in [2.45, 2.75) is 19.9 Å². The lowest BCUT2D eigenvalue weighted by Gasteiger charge is -2.08. The van der Waals surface area contributed by atoms with Crippen LogP contribution in [0.15, 0.2) is 28.1 Å². The number of thiophene rings is 1. The van der Waals surface area contributed by atoms with Gasteiger partial charge in [0.25, 0.3) is 0 Å². The maximum atomic E-state index is 13.7. The highest BCUT2D eigenvalue weighted by atomic mass is 79.9. The zero-order chi connectivity index (χ0) is 15.0. The summed E-state index contributed by atoms with van der Waals surface area (Å²) in [4.78, 5) is 5.82. The van der Waals surface area contributed by atoms with Gasteiger partial charge < -0.3 is 4.57 Å². The van der Waals surface area contributed by atoms with Crippen molar-refractivity contribution in [1.29, 1.82) is 0 Å². The quantitative estimate of drug-likeness (QED) is 0.567. The molecular formula is C15H13BrClFN2S. The molecule has 0 aliphatic heterocycles. The third kappa shape index (κ3) is 2.87. The number of benzene rings is 1. The fourth-order valence-corrected chi connectivity index (χ4v) is 3.73. The molecule has 2 aromatic heterocycles. The molecular weight excluding hydrogens is 375 g/mol. The summed E-state index contributed by atoms with van der Waals surface area (Å²) in [7, 11) is 0. The molecule has 2 heterocycles. The van der Waals surface area contributed by atoms with Gasteiger partial charge >= 0.3 is 0 Å². The van der Waals surface area contributed by atoms with E-state index in [-0.39, 0.29) is 5.82 Å². The van der Waals surface area contributed by atoms with Gasteiger partial charge in [0.1, 0.15) is 11.6 Å². The van der Waals surface area contributed by atoms with E-state index in [9.17, 15) is 4.39 Å². The van der Waals surface area contributed by atoms with Crippen molar-refractivity contribution in [2.24, 2.45) is 0 Å². The first-order valence-electron chi connectivity index (χ1n) is 6.53. The summed E-state index contributed by atoms with van der Waals surface area (Å²) < 4.78 is 16.3. The van der Waals surface area contributed by atoms with E-state index < -0.39 is 0 Å². The Morgan fingerprint density at radius 1 is 1.43 bits per heavy atom. The number of halogens is 3. The molecule has 0 aliphatic carbocycles. The van der Waals surface area contributed by atoms with Gasteiger partial charge in [-0.1, -0.05) is 0 Å². The van der Waals surface area contributed by atoms with E-state index in [0.29, 0.717) is 22.3 Å². The number of hydrogen-bond donors (Lipinski definition) is 0. The van der Waals surface area contributed by atoms with Crippen molar-refractivity contribution in [3.63, 3.8) is 0 Å². The van der Waals surface area contributed by atoms with Crippen molar-refractivity contribution in [1.82, 2.24) is 9.55 Å². The van der Waals surface area contributed by atoms with Crippen molar-refractivity contribution < 1.29 is 4.39 Å². The number of imidazole rings is 1. The second-order valence-electron chi connectivity index (χ2n) is 4.83. The predicted molar refractivity (Wildman–Crippen MR) is 90.0 cm³/mol. The van der Waals surface area contributed by atoms with Crippen molar-refractivity contribution in [3.05, 3.63) is 50.1 Å². The van der Waals surface area contributed by atoms with E-state index in [2.05, 4.69) is 43.9 Å². The molecule has 0 bridgehead atoms. The van der Waals surface area contributed by atoms with Gasteiger partial charge in [-0.05, 0) is 45.9 Å². The van der Waals surface area contributed by atoms with Crippen LogP contribution in [0.5, 0.6) is 0 Å². The summed E-state index contributed by atoms with van der Waals surface area (Å²) in [5, 5.41) is 2.08. The standard InChI is InChI=1S/C15H13BrClFN2S/c1-9-3-5-21-14(9)8-20-13-6-10(16)11(18)7-12(13)19-15(20)2-4-17/h3,5-7H,2,4,8H2,1H3. The topological polar surface area (TPSA) is 17.8 Å². The van der Waals surface area contributed by atoms with Gasteiger partial charge in [-0.3, -0.25) is 0 Å². The highest BCUT2D eigenvalue weighted by Crippen LogP contribution is 2.27. The Balaban J connectivity index is 2.15. The monoisotopic (exact) mass is 386 g/mol. The second-order valence-corrected chi connectivity index (χ2v) is 7.07. The minimum atomic E-state index is -0.295. The maximum Gasteiger partial charge on any atom is 0.139 e. The fourth-order valence-electron chi connectivity index (χ4n) is 2.33. The lowest BCUT2D eigenvalue weighted by molar-refractivity contribution is 0.622. The highest BCUT2D eigenvalue weighted by molar-refractivity contribution is 9.10.